The molecule has 0 amide bonds. The van der Waals surface area contributed by atoms with Gasteiger partial charge in [0, 0.05) is 23.1 Å². The van der Waals surface area contributed by atoms with E-state index in [1.165, 1.54) is 23.5 Å². The highest BCUT2D eigenvalue weighted by molar-refractivity contribution is 7.89. The summed E-state index contributed by atoms with van der Waals surface area (Å²) in [7, 11) is -1.98. The number of nitrogens with zero attached hydrogens (tertiary/aromatic N) is 1. The average Bonchev–Trinajstić information content (AvgIpc) is 2.93. The van der Waals surface area contributed by atoms with Crippen molar-refractivity contribution in [3.63, 3.8) is 0 Å². The van der Waals surface area contributed by atoms with Crippen molar-refractivity contribution in [2.24, 2.45) is 0 Å². The first-order valence-corrected chi connectivity index (χ1v) is 9.06. The summed E-state index contributed by atoms with van der Waals surface area (Å²) in [6.07, 6.45) is 1.62. The van der Waals surface area contributed by atoms with E-state index in [0.717, 1.165) is 0 Å². The van der Waals surface area contributed by atoms with E-state index in [1.807, 2.05) is 0 Å². The van der Waals surface area contributed by atoms with Gasteiger partial charge in [0.25, 0.3) is 0 Å². The molecule has 2 aromatic rings. The molecule has 0 bridgehead atoms. The summed E-state index contributed by atoms with van der Waals surface area (Å²) in [4.78, 5) is 4.03. The van der Waals surface area contributed by atoms with Crippen molar-refractivity contribution in [1.82, 2.24) is 15.0 Å². The molecule has 2 rings (SSSR count). The van der Waals surface area contributed by atoms with Crippen LogP contribution in [0.2, 0.25) is 10.0 Å². The molecule has 1 heterocycles. The average molecular weight is 366 g/mol. The van der Waals surface area contributed by atoms with Gasteiger partial charge in [0.05, 0.1) is 11.6 Å². The van der Waals surface area contributed by atoms with Crippen LogP contribution in [0.1, 0.15) is 10.6 Å². The van der Waals surface area contributed by atoms with Crippen LogP contribution in [0.5, 0.6) is 0 Å². The number of nitrogens with one attached hydrogen (secondary N) is 2. The highest BCUT2D eigenvalue weighted by Gasteiger charge is 2.20. The van der Waals surface area contributed by atoms with Gasteiger partial charge in [0.1, 0.15) is 9.90 Å². The first-order valence-electron chi connectivity index (χ1n) is 5.94. The topological polar surface area (TPSA) is 71.1 Å². The molecule has 1 aromatic carbocycles. The predicted octanol–water partition coefficient (Wildman–Crippen LogP) is 2.65. The fourth-order valence-corrected chi connectivity index (χ4v) is 4.18. The molecule has 0 spiro atoms. The van der Waals surface area contributed by atoms with Crippen molar-refractivity contribution >= 4 is 44.6 Å². The maximum absolute atomic E-state index is 12.3. The Hall–Kier alpha value is -0.700. The van der Waals surface area contributed by atoms with E-state index in [4.69, 9.17) is 23.2 Å². The number of halogens is 2. The molecule has 2 N–H and O–H groups in total. The van der Waals surface area contributed by atoms with Gasteiger partial charge in [-0.15, -0.1) is 11.3 Å². The Labute approximate surface area is 137 Å². The summed E-state index contributed by atoms with van der Waals surface area (Å²) in [5, 5.41) is 5.90. The Balaban J connectivity index is 2.28. The minimum absolute atomic E-state index is 0.00960. The number of rotatable bonds is 6. The number of benzene rings is 1. The molecule has 0 saturated carbocycles. The van der Waals surface area contributed by atoms with E-state index in [0.29, 0.717) is 22.1 Å². The van der Waals surface area contributed by atoms with Crippen molar-refractivity contribution in [3.8, 4) is 0 Å². The summed E-state index contributed by atoms with van der Waals surface area (Å²) in [6, 6.07) is 2.92. The van der Waals surface area contributed by atoms with Gasteiger partial charge in [0.2, 0.25) is 10.0 Å². The SMILES string of the molecule is CNCc1cc(S(=O)(=O)NCc2nccs2)c(Cl)cc1Cl. The second-order valence-corrected chi connectivity index (χ2v) is 7.68. The molecule has 114 valence electrons. The van der Waals surface area contributed by atoms with E-state index in [1.54, 1.807) is 18.6 Å². The molecule has 21 heavy (non-hydrogen) atoms. The Kier molecular flexibility index (Phi) is 5.59. The van der Waals surface area contributed by atoms with Gasteiger partial charge in [0.15, 0.2) is 0 Å². The number of thiazole rings is 1. The summed E-state index contributed by atoms with van der Waals surface area (Å²) in [5.41, 5.74) is 0.665. The lowest BCUT2D eigenvalue weighted by atomic mass is 10.2. The third kappa shape index (κ3) is 4.15. The van der Waals surface area contributed by atoms with E-state index in [2.05, 4.69) is 15.0 Å². The molecule has 1 aromatic heterocycles. The van der Waals surface area contributed by atoms with E-state index in [9.17, 15) is 8.42 Å². The third-order valence-corrected chi connectivity index (χ3v) is 5.65. The molecule has 0 aliphatic rings. The lowest BCUT2D eigenvalue weighted by Crippen LogP contribution is -2.24. The van der Waals surface area contributed by atoms with Crippen molar-refractivity contribution in [2.45, 2.75) is 18.0 Å². The molecule has 0 saturated heterocycles. The first kappa shape index (κ1) is 16.7. The quantitative estimate of drug-likeness (QED) is 0.825. The molecule has 0 aliphatic carbocycles. The maximum Gasteiger partial charge on any atom is 0.242 e. The van der Waals surface area contributed by atoms with Crippen LogP contribution in [0.15, 0.2) is 28.6 Å². The van der Waals surface area contributed by atoms with Crippen LogP contribution in [0.3, 0.4) is 0 Å². The molecule has 0 aliphatic heterocycles. The highest BCUT2D eigenvalue weighted by Crippen LogP contribution is 2.28. The summed E-state index contributed by atoms with van der Waals surface area (Å²) in [5.74, 6) is 0. The summed E-state index contributed by atoms with van der Waals surface area (Å²) in [6.45, 7) is 0.575. The molecular weight excluding hydrogens is 353 g/mol. The largest absolute Gasteiger partial charge is 0.316 e. The van der Waals surface area contributed by atoms with Gasteiger partial charge in [-0.1, -0.05) is 23.2 Å². The number of aromatic nitrogens is 1. The van der Waals surface area contributed by atoms with E-state index >= 15 is 0 Å². The molecule has 0 unspecified atom stereocenters. The first-order chi connectivity index (χ1) is 9.94. The predicted molar refractivity (Wildman–Crippen MR) is 85.4 cm³/mol. The highest BCUT2D eigenvalue weighted by atomic mass is 35.5. The van der Waals surface area contributed by atoms with Crippen molar-refractivity contribution < 1.29 is 8.42 Å². The van der Waals surface area contributed by atoms with Crippen LogP contribution in [-0.2, 0) is 23.1 Å². The van der Waals surface area contributed by atoms with Crippen molar-refractivity contribution in [2.75, 3.05) is 7.05 Å². The van der Waals surface area contributed by atoms with Crippen LogP contribution in [0.25, 0.3) is 0 Å². The van der Waals surface area contributed by atoms with Crippen LogP contribution in [-0.4, -0.2) is 20.4 Å². The standard InChI is InChI=1S/C12H13Cl2N3O2S2/c1-15-6-8-4-11(10(14)5-9(8)13)21(18,19)17-7-12-16-2-3-20-12/h2-5,15,17H,6-7H2,1H3. The Morgan fingerprint density at radius 1 is 1.24 bits per heavy atom. The fourth-order valence-electron chi connectivity index (χ4n) is 1.68. The number of hydrogen-bond acceptors (Lipinski definition) is 5. The second-order valence-electron chi connectivity index (χ2n) is 4.15. The van der Waals surface area contributed by atoms with Crippen molar-refractivity contribution in [3.05, 3.63) is 44.3 Å². The minimum Gasteiger partial charge on any atom is -0.316 e. The third-order valence-electron chi connectivity index (χ3n) is 2.65. The van der Waals surface area contributed by atoms with Gasteiger partial charge in [-0.2, -0.15) is 0 Å². The van der Waals surface area contributed by atoms with Crippen LogP contribution < -0.4 is 10.0 Å². The van der Waals surface area contributed by atoms with Crippen LogP contribution in [0, 0.1) is 0 Å². The van der Waals surface area contributed by atoms with E-state index in [-0.39, 0.29) is 16.5 Å². The Morgan fingerprint density at radius 3 is 2.62 bits per heavy atom. The van der Waals surface area contributed by atoms with Gasteiger partial charge < -0.3 is 5.32 Å². The molecule has 5 nitrogen and oxygen atoms in total. The lowest BCUT2D eigenvalue weighted by molar-refractivity contribution is 0.581. The van der Waals surface area contributed by atoms with Gasteiger partial charge in [-0.25, -0.2) is 18.1 Å². The molecule has 0 radical (unpaired) electrons. The zero-order chi connectivity index (χ0) is 15.5. The van der Waals surface area contributed by atoms with E-state index < -0.39 is 10.0 Å². The minimum atomic E-state index is -3.73. The van der Waals surface area contributed by atoms with Gasteiger partial charge >= 0.3 is 0 Å². The Bertz CT molecular complexity index is 718. The zero-order valence-electron chi connectivity index (χ0n) is 11.1. The smallest absolute Gasteiger partial charge is 0.242 e. The molecule has 0 atom stereocenters. The van der Waals surface area contributed by atoms with Gasteiger partial charge in [-0.05, 0) is 24.7 Å². The van der Waals surface area contributed by atoms with Gasteiger partial charge in [-0.3, -0.25) is 0 Å². The normalized spacial score (nSPS) is 11.8. The zero-order valence-corrected chi connectivity index (χ0v) is 14.2. The number of sulfonamides is 1. The summed E-state index contributed by atoms with van der Waals surface area (Å²) >= 11 is 13.4. The number of hydrogen-bond donors (Lipinski definition) is 2. The molecular formula is C12H13Cl2N3O2S2. The molecule has 0 fully saturated rings. The monoisotopic (exact) mass is 365 g/mol. The maximum atomic E-state index is 12.3. The van der Waals surface area contributed by atoms with Crippen LogP contribution in [0.4, 0.5) is 0 Å². The summed E-state index contributed by atoms with van der Waals surface area (Å²) < 4.78 is 27.1. The fraction of sp³-hybridized carbons (Fsp3) is 0.250. The Morgan fingerprint density at radius 2 is 2.00 bits per heavy atom. The van der Waals surface area contributed by atoms with Crippen LogP contribution >= 0.6 is 34.5 Å². The lowest BCUT2D eigenvalue weighted by Gasteiger charge is -2.11. The second kappa shape index (κ2) is 7.04. The van der Waals surface area contributed by atoms with Crippen molar-refractivity contribution in [1.29, 1.82) is 0 Å². The molecule has 9 heteroatoms.